The van der Waals surface area contributed by atoms with E-state index in [0.29, 0.717) is 36.0 Å². The van der Waals surface area contributed by atoms with Crippen molar-refractivity contribution in [3.8, 4) is 0 Å². The van der Waals surface area contributed by atoms with E-state index in [9.17, 15) is 5.11 Å². The molecule has 1 atom stereocenters. The average molecular weight is 267 g/mol. The number of nitrogens with zero attached hydrogens (tertiary/aromatic N) is 2. The Hall–Kier alpha value is -1.39. The number of benzene rings is 1. The highest BCUT2D eigenvalue weighted by Crippen LogP contribution is 2.12. The van der Waals surface area contributed by atoms with Gasteiger partial charge in [-0.25, -0.2) is 0 Å². The van der Waals surface area contributed by atoms with Crippen LogP contribution in [0.3, 0.4) is 0 Å². The van der Waals surface area contributed by atoms with Crippen LogP contribution in [-0.2, 0) is 12.8 Å². The van der Waals surface area contributed by atoms with Gasteiger partial charge in [0.1, 0.15) is 0 Å². The number of aromatic nitrogens is 2. The highest BCUT2D eigenvalue weighted by Gasteiger charge is 2.08. The van der Waals surface area contributed by atoms with Crippen molar-refractivity contribution in [1.82, 2.24) is 10.1 Å². The van der Waals surface area contributed by atoms with Gasteiger partial charge in [0.15, 0.2) is 5.82 Å². The number of aliphatic hydroxyl groups excluding tert-OH is 1. The second kappa shape index (κ2) is 5.98. The zero-order valence-corrected chi connectivity index (χ0v) is 10.9. The minimum atomic E-state index is -0.350. The third kappa shape index (κ3) is 3.82. The Kier molecular flexibility index (Phi) is 4.33. The first-order valence-corrected chi connectivity index (χ1v) is 6.25. The quantitative estimate of drug-likeness (QED) is 0.904. The lowest BCUT2D eigenvalue weighted by molar-refractivity contribution is 0.180. The Bertz CT molecular complexity index is 494. The maximum Gasteiger partial charge on any atom is 0.226 e. The fourth-order valence-corrected chi connectivity index (χ4v) is 1.71. The molecule has 0 saturated carbocycles. The average Bonchev–Trinajstić information content (AvgIpc) is 2.77. The van der Waals surface area contributed by atoms with Crippen LogP contribution in [0.15, 0.2) is 28.8 Å². The van der Waals surface area contributed by atoms with Crippen molar-refractivity contribution < 1.29 is 9.63 Å². The van der Waals surface area contributed by atoms with Gasteiger partial charge in [0, 0.05) is 17.9 Å². The van der Waals surface area contributed by atoms with Crippen molar-refractivity contribution in [3.05, 3.63) is 46.6 Å². The van der Waals surface area contributed by atoms with Crippen LogP contribution >= 0.6 is 11.6 Å². The van der Waals surface area contributed by atoms with E-state index in [1.165, 1.54) is 0 Å². The molecule has 0 aliphatic heterocycles. The molecule has 2 rings (SSSR count). The molecule has 0 fully saturated rings. The monoisotopic (exact) mass is 266 g/mol. The minimum absolute atomic E-state index is 0.350. The Morgan fingerprint density at radius 2 is 2.06 bits per heavy atom. The summed E-state index contributed by atoms with van der Waals surface area (Å²) < 4.78 is 5.11. The summed E-state index contributed by atoms with van der Waals surface area (Å²) in [6.45, 7) is 1.74. The smallest absolute Gasteiger partial charge is 0.226 e. The van der Waals surface area contributed by atoms with Crippen LogP contribution in [0.5, 0.6) is 0 Å². The fraction of sp³-hybridized carbons (Fsp3) is 0.385. The van der Waals surface area contributed by atoms with Gasteiger partial charge in [0.25, 0.3) is 0 Å². The lowest BCUT2D eigenvalue weighted by Crippen LogP contribution is -2.01. The van der Waals surface area contributed by atoms with E-state index >= 15 is 0 Å². The maximum absolute atomic E-state index is 9.18. The summed E-state index contributed by atoms with van der Waals surface area (Å²) in [6, 6.07) is 7.55. The number of hydrogen-bond acceptors (Lipinski definition) is 4. The van der Waals surface area contributed by atoms with Gasteiger partial charge in [-0.3, -0.25) is 0 Å². The van der Waals surface area contributed by atoms with Gasteiger partial charge >= 0.3 is 0 Å². The van der Waals surface area contributed by atoms with Gasteiger partial charge in [0.05, 0.1) is 6.10 Å². The molecule has 4 nitrogen and oxygen atoms in total. The molecule has 0 aliphatic carbocycles. The van der Waals surface area contributed by atoms with E-state index in [1.807, 2.05) is 24.3 Å². The van der Waals surface area contributed by atoms with Crippen molar-refractivity contribution in [2.75, 3.05) is 0 Å². The van der Waals surface area contributed by atoms with E-state index in [0.717, 1.165) is 5.56 Å². The van der Waals surface area contributed by atoms with Crippen molar-refractivity contribution >= 4 is 11.6 Å². The Balaban J connectivity index is 1.95. The van der Waals surface area contributed by atoms with E-state index in [-0.39, 0.29) is 6.10 Å². The van der Waals surface area contributed by atoms with E-state index in [2.05, 4.69) is 10.1 Å². The molecule has 96 valence electrons. The van der Waals surface area contributed by atoms with Crippen molar-refractivity contribution in [3.63, 3.8) is 0 Å². The molecule has 1 unspecified atom stereocenters. The van der Waals surface area contributed by atoms with Crippen LogP contribution in [0.25, 0.3) is 0 Å². The number of hydrogen-bond donors (Lipinski definition) is 1. The summed E-state index contributed by atoms with van der Waals surface area (Å²) in [7, 11) is 0. The Labute approximate surface area is 111 Å². The molecule has 0 saturated heterocycles. The van der Waals surface area contributed by atoms with E-state index in [4.69, 9.17) is 16.1 Å². The molecule has 1 heterocycles. The van der Waals surface area contributed by atoms with Crippen molar-refractivity contribution in [2.24, 2.45) is 0 Å². The molecule has 0 aliphatic rings. The van der Waals surface area contributed by atoms with Gasteiger partial charge in [-0.05, 0) is 31.0 Å². The first kappa shape index (κ1) is 13.1. The molecule has 2 aromatic rings. The summed E-state index contributed by atoms with van der Waals surface area (Å²) >= 11 is 5.82. The summed E-state index contributed by atoms with van der Waals surface area (Å²) in [5, 5.41) is 13.8. The number of halogens is 1. The summed E-state index contributed by atoms with van der Waals surface area (Å²) in [6.07, 6.45) is 1.50. The maximum atomic E-state index is 9.18. The van der Waals surface area contributed by atoms with E-state index in [1.54, 1.807) is 6.92 Å². The largest absolute Gasteiger partial charge is 0.393 e. The van der Waals surface area contributed by atoms with Crippen LogP contribution in [0.4, 0.5) is 0 Å². The van der Waals surface area contributed by atoms with Crippen LogP contribution in [0, 0.1) is 0 Å². The standard InChI is InChI=1S/C13H15ClN2O2/c1-9(17)2-7-13-15-12(16-18-13)8-10-3-5-11(14)6-4-10/h3-6,9,17H,2,7-8H2,1H3. The zero-order valence-electron chi connectivity index (χ0n) is 10.1. The molecule has 0 bridgehead atoms. The normalized spacial score (nSPS) is 12.6. The van der Waals surface area contributed by atoms with Gasteiger partial charge in [-0.1, -0.05) is 28.9 Å². The molecular weight excluding hydrogens is 252 g/mol. The van der Waals surface area contributed by atoms with Crippen LogP contribution in [0.2, 0.25) is 5.02 Å². The van der Waals surface area contributed by atoms with Gasteiger partial charge in [-0.2, -0.15) is 4.98 Å². The SMILES string of the molecule is CC(O)CCc1nc(Cc2ccc(Cl)cc2)no1. The van der Waals surface area contributed by atoms with Crippen LogP contribution < -0.4 is 0 Å². The fourth-order valence-electron chi connectivity index (χ4n) is 1.58. The molecule has 0 radical (unpaired) electrons. The topological polar surface area (TPSA) is 59.2 Å². The molecule has 18 heavy (non-hydrogen) atoms. The van der Waals surface area contributed by atoms with Crippen LogP contribution in [-0.4, -0.2) is 21.4 Å². The second-order valence-corrected chi connectivity index (χ2v) is 4.73. The van der Waals surface area contributed by atoms with Crippen LogP contribution in [0.1, 0.15) is 30.6 Å². The summed E-state index contributed by atoms with van der Waals surface area (Å²) in [4.78, 5) is 4.28. The van der Waals surface area contributed by atoms with Gasteiger partial charge in [0.2, 0.25) is 5.89 Å². The molecule has 0 amide bonds. The highest BCUT2D eigenvalue weighted by molar-refractivity contribution is 6.30. The predicted molar refractivity (Wildman–Crippen MR) is 68.6 cm³/mol. The number of rotatable bonds is 5. The third-order valence-electron chi connectivity index (χ3n) is 2.56. The van der Waals surface area contributed by atoms with Crippen molar-refractivity contribution in [1.29, 1.82) is 0 Å². The Morgan fingerprint density at radius 3 is 2.72 bits per heavy atom. The predicted octanol–water partition coefficient (Wildman–Crippen LogP) is 2.63. The molecule has 1 aromatic heterocycles. The minimum Gasteiger partial charge on any atom is -0.393 e. The van der Waals surface area contributed by atoms with Crippen molar-refractivity contribution in [2.45, 2.75) is 32.3 Å². The highest BCUT2D eigenvalue weighted by atomic mass is 35.5. The molecule has 0 spiro atoms. The molecule has 1 N–H and O–H groups in total. The Morgan fingerprint density at radius 1 is 1.33 bits per heavy atom. The first-order chi connectivity index (χ1) is 8.63. The van der Waals surface area contributed by atoms with Gasteiger partial charge in [-0.15, -0.1) is 0 Å². The second-order valence-electron chi connectivity index (χ2n) is 4.30. The lowest BCUT2D eigenvalue weighted by Gasteiger charge is -1.98. The molecule has 5 heteroatoms. The van der Waals surface area contributed by atoms with Gasteiger partial charge < -0.3 is 9.63 Å². The zero-order chi connectivity index (χ0) is 13.0. The lowest BCUT2D eigenvalue weighted by atomic mass is 10.1. The third-order valence-corrected chi connectivity index (χ3v) is 2.81. The summed E-state index contributed by atoms with van der Waals surface area (Å²) in [5.74, 6) is 1.22. The first-order valence-electron chi connectivity index (χ1n) is 5.87. The number of aryl methyl sites for hydroxylation is 1. The number of aliphatic hydroxyl groups is 1. The summed E-state index contributed by atoms with van der Waals surface area (Å²) in [5.41, 5.74) is 1.09. The molecular formula is C13H15ClN2O2. The molecule has 1 aromatic carbocycles. The van der Waals surface area contributed by atoms with E-state index < -0.39 is 0 Å².